The van der Waals surface area contributed by atoms with Crippen LogP contribution in [0.2, 0.25) is 0 Å². The molecule has 1 unspecified atom stereocenters. The molecular formula is C9H17NO3. The van der Waals surface area contributed by atoms with Crippen LogP contribution in [0, 0.1) is 0 Å². The van der Waals surface area contributed by atoms with Crippen LogP contribution >= 0.6 is 0 Å². The number of nitrogens with zero attached hydrogens (tertiary/aromatic N) is 1. The number of carbonyl (C=O) groups excluding carboxylic acids is 1. The number of likely N-dealkylation sites (N-methyl/N-ethyl adjacent to an activating group) is 1. The molecule has 0 saturated carbocycles. The van der Waals surface area contributed by atoms with Crippen LogP contribution in [0.15, 0.2) is 0 Å². The zero-order chi connectivity index (χ0) is 9.90. The number of morpholine rings is 1. The van der Waals surface area contributed by atoms with Gasteiger partial charge >= 0.3 is 5.97 Å². The molecule has 1 atom stereocenters. The molecule has 0 aromatic carbocycles. The van der Waals surface area contributed by atoms with Crippen molar-refractivity contribution in [2.45, 2.75) is 19.4 Å². The van der Waals surface area contributed by atoms with Gasteiger partial charge in [0.25, 0.3) is 0 Å². The van der Waals surface area contributed by atoms with Gasteiger partial charge in [-0.15, -0.1) is 0 Å². The minimum atomic E-state index is -0.775. The van der Waals surface area contributed by atoms with Gasteiger partial charge in [-0.1, -0.05) is 0 Å². The molecule has 0 N–H and O–H groups in total. The average Bonchev–Trinajstić information content (AvgIpc) is 2.04. The van der Waals surface area contributed by atoms with Gasteiger partial charge in [-0.3, -0.25) is 0 Å². The molecule has 1 fully saturated rings. The minimum absolute atomic E-state index is 0.262. The molecule has 1 heterocycles. The highest BCUT2D eigenvalue weighted by atomic mass is 16.6. The molecule has 0 spiro atoms. The average molecular weight is 187 g/mol. The molecule has 0 aromatic rings. The van der Waals surface area contributed by atoms with Gasteiger partial charge in [-0.25, -0.2) is 4.79 Å². The summed E-state index contributed by atoms with van der Waals surface area (Å²) in [6, 6.07) is 0. The van der Waals surface area contributed by atoms with E-state index in [0.717, 1.165) is 6.54 Å². The standard InChI is InChI=1S/C9H17NO3/c1-4-12-8(11)9(2)7-10(3)5-6-13-9/h4-7H2,1-3H3. The van der Waals surface area contributed by atoms with Crippen molar-refractivity contribution < 1.29 is 14.3 Å². The number of esters is 1. The molecule has 0 amide bonds. The third kappa shape index (κ3) is 2.42. The lowest BCUT2D eigenvalue weighted by atomic mass is 10.1. The van der Waals surface area contributed by atoms with Gasteiger partial charge < -0.3 is 14.4 Å². The number of hydrogen-bond acceptors (Lipinski definition) is 4. The molecule has 1 aliphatic heterocycles. The molecule has 1 aliphatic rings. The molecule has 13 heavy (non-hydrogen) atoms. The first-order valence-electron chi connectivity index (χ1n) is 4.58. The molecular weight excluding hydrogens is 170 g/mol. The zero-order valence-corrected chi connectivity index (χ0v) is 8.50. The lowest BCUT2D eigenvalue weighted by Gasteiger charge is -2.36. The summed E-state index contributed by atoms with van der Waals surface area (Å²) in [4.78, 5) is 13.6. The summed E-state index contributed by atoms with van der Waals surface area (Å²) in [5.41, 5.74) is -0.775. The van der Waals surface area contributed by atoms with Crippen LogP contribution in [-0.4, -0.2) is 49.8 Å². The predicted molar refractivity (Wildman–Crippen MR) is 48.5 cm³/mol. The second kappa shape index (κ2) is 4.07. The van der Waals surface area contributed by atoms with E-state index in [2.05, 4.69) is 4.90 Å². The second-order valence-electron chi connectivity index (χ2n) is 3.54. The molecule has 1 rings (SSSR count). The van der Waals surface area contributed by atoms with Crippen molar-refractivity contribution in [1.82, 2.24) is 4.90 Å². The Kier molecular flexibility index (Phi) is 3.27. The third-order valence-electron chi connectivity index (χ3n) is 2.17. The first-order chi connectivity index (χ1) is 6.08. The fraction of sp³-hybridized carbons (Fsp3) is 0.889. The summed E-state index contributed by atoms with van der Waals surface area (Å²) < 4.78 is 10.4. The summed E-state index contributed by atoms with van der Waals surface area (Å²) in [6.45, 7) is 6.04. The van der Waals surface area contributed by atoms with Gasteiger partial charge in [0, 0.05) is 13.1 Å². The smallest absolute Gasteiger partial charge is 0.339 e. The highest BCUT2D eigenvalue weighted by molar-refractivity contribution is 5.79. The minimum Gasteiger partial charge on any atom is -0.464 e. The van der Waals surface area contributed by atoms with Crippen LogP contribution < -0.4 is 0 Å². The Morgan fingerprint density at radius 3 is 2.92 bits per heavy atom. The van der Waals surface area contributed by atoms with E-state index < -0.39 is 5.60 Å². The SMILES string of the molecule is CCOC(=O)C1(C)CN(C)CCO1. The summed E-state index contributed by atoms with van der Waals surface area (Å²) >= 11 is 0. The summed E-state index contributed by atoms with van der Waals surface area (Å²) in [6.07, 6.45) is 0. The number of hydrogen-bond donors (Lipinski definition) is 0. The van der Waals surface area contributed by atoms with Crippen molar-refractivity contribution in [3.8, 4) is 0 Å². The first-order valence-corrected chi connectivity index (χ1v) is 4.58. The molecule has 1 saturated heterocycles. The van der Waals surface area contributed by atoms with E-state index in [9.17, 15) is 4.79 Å². The van der Waals surface area contributed by atoms with Crippen molar-refractivity contribution in [1.29, 1.82) is 0 Å². The largest absolute Gasteiger partial charge is 0.464 e. The quantitative estimate of drug-likeness (QED) is 0.582. The van der Waals surface area contributed by atoms with Gasteiger partial charge in [0.2, 0.25) is 0 Å². The van der Waals surface area contributed by atoms with Crippen LogP contribution in [-0.2, 0) is 14.3 Å². The molecule has 0 aliphatic carbocycles. The highest BCUT2D eigenvalue weighted by Crippen LogP contribution is 2.18. The van der Waals surface area contributed by atoms with Crippen molar-refractivity contribution in [3.63, 3.8) is 0 Å². The Hall–Kier alpha value is -0.610. The molecule has 4 heteroatoms. The highest BCUT2D eigenvalue weighted by Gasteiger charge is 2.39. The van der Waals surface area contributed by atoms with Crippen LogP contribution in [0.4, 0.5) is 0 Å². The van der Waals surface area contributed by atoms with E-state index in [4.69, 9.17) is 9.47 Å². The van der Waals surface area contributed by atoms with E-state index in [1.807, 2.05) is 7.05 Å². The Morgan fingerprint density at radius 2 is 2.38 bits per heavy atom. The van der Waals surface area contributed by atoms with Gasteiger partial charge in [-0.2, -0.15) is 0 Å². The number of carbonyl (C=O) groups is 1. The monoisotopic (exact) mass is 187 g/mol. The van der Waals surface area contributed by atoms with E-state index in [-0.39, 0.29) is 5.97 Å². The molecule has 76 valence electrons. The fourth-order valence-electron chi connectivity index (χ4n) is 1.47. The zero-order valence-electron chi connectivity index (χ0n) is 8.50. The van der Waals surface area contributed by atoms with Crippen LogP contribution in [0.3, 0.4) is 0 Å². The van der Waals surface area contributed by atoms with Crippen molar-refractivity contribution in [2.24, 2.45) is 0 Å². The maximum absolute atomic E-state index is 11.5. The van der Waals surface area contributed by atoms with Crippen LogP contribution in [0.5, 0.6) is 0 Å². The first kappa shape index (κ1) is 10.5. The summed E-state index contributed by atoms with van der Waals surface area (Å²) in [7, 11) is 1.97. The van der Waals surface area contributed by atoms with Gasteiger partial charge in [0.05, 0.1) is 13.2 Å². The van der Waals surface area contributed by atoms with Gasteiger partial charge in [0.15, 0.2) is 5.60 Å². The van der Waals surface area contributed by atoms with E-state index in [1.165, 1.54) is 0 Å². The fourth-order valence-corrected chi connectivity index (χ4v) is 1.47. The molecule has 0 aromatic heterocycles. The maximum atomic E-state index is 11.5. The second-order valence-corrected chi connectivity index (χ2v) is 3.54. The van der Waals surface area contributed by atoms with E-state index >= 15 is 0 Å². The Balaban J connectivity index is 2.57. The summed E-state index contributed by atoms with van der Waals surface area (Å²) in [5.74, 6) is -0.262. The number of rotatable bonds is 2. The maximum Gasteiger partial charge on any atom is 0.339 e. The molecule has 0 bridgehead atoms. The van der Waals surface area contributed by atoms with Crippen LogP contribution in [0.25, 0.3) is 0 Å². The topological polar surface area (TPSA) is 38.8 Å². The lowest BCUT2D eigenvalue weighted by Crippen LogP contribution is -2.54. The third-order valence-corrected chi connectivity index (χ3v) is 2.17. The normalized spacial score (nSPS) is 30.1. The van der Waals surface area contributed by atoms with Crippen molar-refractivity contribution in [2.75, 3.05) is 33.4 Å². The Labute approximate surface area is 78.8 Å². The Bertz CT molecular complexity index is 195. The molecule has 4 nitrogen and oxygen atoms in total. The van der Waals surface area contributed by atoms with E-state index in [1.54, 1.807) is 13.8 Å². The van der Waals surface area contributed by atoms with Gasteiger partial charge in [-0.05, 0) is 20.9 Å². The van der Waals surface area contributed by atoms with Crippen molar-refractivity contribution >= 4 is 5.97 Å². The van der Waals surface area contributed by atoms with Crippen LogP contribution in [0.1, 0.15) is 13.8 Å². The lowest BCUT2D eigenvalue weighted by molar-refractivity contribution is -0.179. The Morgan fingerprint density at radius 1 is 1.69 bits per heavy atom. The predicted octanol–water partition coefficient (Wildman–Crippen LogP) is 0.270. The number of ether oxygens (including phenoxy) is 2. The van der Waals surface area contributed by atoms with Crippen molar-refractivity contribution in [3.05, 3.63) is 0 Å². The summed E-state index contributed by atoms with van der Waals surface area (Å²) in [5, 5.41) is 0. The molecule has 0 radical (unpaired) electrons. The van der Waals surface area contributed by atoms with Gasteiger partial charge in [0.1, 0.15) is 0 Å². The van der Waals surface area contributed by atoms with E-state index in [0.29, 0.717) is 19.8 Å².